The van der Waals surface area contributed by atoms with Crippen LogP contribution in [0.1, 0.15) is 32.0 Å². The van der Waals surface area contributed by atoms with E-state index in [1.54, 1.807) is 12.1 Å². The number of nitro groups is 1. The summed E-state index contributed by atoms with van der Waals surface area (Å²) in [6.07, 6.45) is 2.86. The number of rotatable bonds is 7. The number of halogens is 1. The monoisotopic (exact) mass is 420 g/mol. The minimum Gasteiger partial charge on any atom is -0.476 e. The predicted octanol–water partition coefficient (Wildman–Crippen LogP) is 4.46. The second kappa shape index (κ2) is 7.77. The summed E-state index contributed by atoms with van der Waals surface area (Å²) in [6.45, 7) is 4.19. The molecule has 0 aliphatic carbocycles. The standard InChI is InChI=1S/C17H17BrN4O4/c1-10(2)3-6-15-20-16(26-21-15)9-25-17-12-7-11(18)4-5-13(12)19-8-14(17)22(23)24/h4-5,7-8,10H,3,6,9H2,1-2H3. The predicted molar refractivity (Wildman–Crippen MR) is 97.9 cm³/mol. The molecule has 0 radical (unpaired) electrons. The topological polar surface area (TPSA) is 104 Å². The fourth-order valence-electron chi connectivity index (χ4n) is 2.41. The molecule has 0 spiro atoms. The molecule has 8 nitrogen and oxygen atoms in total. The molecular formula is C17H17BrN4O4. The zero-order valence-electron chi connectivity index (χ0n) is 14.3. The molecular weight excluding hydrogens is 404 g/mol. The van der Waals surface area contributed by atoms with E-state index in [1.165, 1.54) is 6.20 Å². The van der Waals surface area contributed by atoms with Gasteiger partial charge in [0.15, 0.2) is 12.4 Å². The highest BCUT2D eigenvalue weighted by molar-refractivity contribution is 9.10. The van der Waals surface area contributed by atoms with Crippen molar-refractivity contribution in [2.24, 2.45) is 5.92 Å². The molecule has 0 amide bonds. The second-order valence-corrected chi connectivity index (χ2v) is 7.13. The number of aryl methyl sites for hydroxylation is 1. The van der Waals surface area contributed by atoms with Crippen LogP contribution < -0.4 is 4.74 Å². The Morgan fingerprint density at radius 3 is 2.92 bits per heavy atom. The van der Waals surface area contributed by atoms with E-state index in [0.717, 1.165) is 10.9 Å². The average Bonchev–Trinajstić information content (AvgIpc) is 3.05. The van der Waals surface area contributed by atoms with Crippen LogP contribution in [-0.4, -0.2) is 20.0 Å². The number of ether oxygens (including phenoxy) is 1. The van der Waals surface area contributed by atoms with Crippen molar-refractivity contribution in [1.29, 1.82) is 0 Å². The zero-order chi connectivity index (χ0) is 18.7. The molecule has 2 aromatic heterocycles. The molecule has 0 unspecified atom stereocenters. The van der Waals surface area contributed by atoms with Crippen LogP contribution in [0, 0.1) is 16.0 Å². The number of hydrogen-bond acceptors (Lipinski definition) is 7. The third-order valence-corrected chi connectivity index (χ3v) is 4.25. The lowest BCUT2D eigenvalue weighted by Crippen LogP contribution is -2.01. The molecule has 3 rings (SSSR count). The van der Waals surface area contributed by atoms with Crippen LogP contribution in [0.25, 0.3) is 10.9 Å². The van der Waals surface area contributed by atoms with Crippen LogP contribution in [-0.2, 0) is 13.0 Å². The average molecular weight is 421 g/mol. The van der Waals surface area contributed by atoms with Crippen LogP contribution in [0.4, 0.5) is 5.69 Å². The second-order valence-electron chi connectivity index (χ2n) is 6.22. The van der Waals surface area contributed by atoms with Crippen molar-refractivity contribution in [3.8, 4) is 5.75 Å². The summed E-state index contributed by atoms with van der Waals surface area (Å²) >= 11 is 3.36. The first kappa shape index (κ1) is 18.2. The largest absolute Gasteiger partial charge is 0.476 e. The molecule has 0 aliphatic heterocycles. The fourth-order valence-corrected chi connectivity index (χ4v) is 2.77. The van der Waals surface area contributed by atoms with E-state index in [-0.39, 0.29) is 23.9 Å². The molecule has 1 aromatic carbocycles. The van der Waals surface area contributed by atoms with Crippen LogP contribution >= 0.6 is 15.9 Å². The van der Waals surface area contributed by atoms with Crippen molar-refractivity contribution in [3.63, 3.8) is 0 Å². The van der Waals surface area contributed by atoms with Crippen LogP contribution in [0.3, 0.4) is 0 Å². The van der Waals surface area contributed by atoms with Gasteiger partial charge in [-0.3, -0.25) is 10.1 Å². The maximum absolute atomic E-state index is 11.3. The highest BCUT2D eigenvalue weighted by Crippen LogP contribution is 2.35. The summed E-state index contributed by atoms with van der Waals surface area (Å²) in [4.78, 5) is 19.2. The van der Waals surface area contributed by atoms with E-state index in [0.29, 0.717) is 29.1 Å². The van der Waals surface area contributed by atoms with Gasteiger partial charge in [0.25, 0.3) is 5.89 Å². The van der Waals surface area contributed by atoms with Gasteiger partial charge < -0.3 is 9.26 Å². The number of fused-ring (bicyclic) bond motifs is 1. The van der Waals surface area contributed by atoms with Crippen molar-refractivity contribution in [3.05, 3.63) is 50.7 Å². The Morgan fingerprint density at radius 1 is 1.38 bits per heavy atom. The lowest BCUT2D eigenvalue weighted by Gasteiger charge is -2.08. The molecule has 9 heteroatoms. The number of aromatic nitrogens is 3. The smallest absolute Gasteiger partial charge is 0.329 e. The molecule has 0 fully saturated rings. The van der Waals surface area contributed by atoms with Gasteiger partial charge in [-0.25, -0.2) is 4.98 Å². The van der Waals surface area contributed by atoms with Crippen LogP contribution in [0.2, 0.25) is 0 Å². The lowest BCUT2D eigenvalue weighted by molar-refractivity contribution is -0.386. The first-order valence-electron chi connectivity index (χ1n) is 8.11. The maximum Gasteiger partial charge on any atom is 0.329 e. The summed E-state index contributed by atoms with van der Waals surface area (Å²) in [5, 5.41) is 15.8. The van der Waals surface area contributed by atoms with Gasteiger partial charge in [-0.15, -0.1) is 0 Å². The zero-order valence-corrected chi connectivity index (χ0v) is 15.9. The van der Waals surface area contributed by atoms with Gasteiger partial charge in [-0.2, -0.15) is 4.98 Å². The Balaban J connectivity index is 1.85. The summed E-state index contributed by atoms with van der Waals surface area (Å²) < 4.78 is 11.6. The molecule has 0 saturated heterocycles. The molecule has 26 heavy (non-hydrogen) atoms. The Kier molecular flexibility index (Phi) is 5.46. The van der Waals surface area contributed by atoms with E-state index in [4.69, 9.17) is 9.26 Å². The Morgan fingerprint density at radius 2 is 2.19 bits per heavy atom. The maximum atomic E-state index is 11.3. The summed E-state index contributed by atoms with van der Waals surface area (Å²) in [5.41, 5.74) is 0.382. The van der Waals surface area contributed by atoms with E-state index < -0.39 is 4.92 Å². The molecule has 0 saturated carbocycles. The van der Waals surface area contributed by atoms with Gasteiger partial charge in [-0.05, 0) is 30.5 Å². The minimum atomic E-state index is -0.523. The molecule has 3 aromatic rings. The van der Waals surface area contributed by atoms with Crippen molar-refractivity contribution in [2.45, 2.75) is 33.3 Å². The van der Waals surface area contributed by atoms with Crippen LogP contribution in [0.15, 0.2) is 33.4 Å². The highest BCUT2D eigenvalue weighted by atomic mass is 79.9. The van der Waals surface area contributed by atoms with E-state index in [9.17, 15) is 10.1 Å². The molecule has 136 valence electrons. The summed E-state index contributed by atoms with van der Waals surface area (Å²) in [5.74, 6) is 1.55. The van der Waals surface area contributed by atoms with E-state index in [2.05, 4.69) is 44.9 Å². The number of pyridine rings is 1. The van der Waals surface area contributed by atoms with Crippen molar-refractivity contribution in [1.82, 2.24) is 15.1 Å². The van der Waals surface area contributed by atoms with Crippen molar-refractivity contribution < 1.29 is 14.2 Å². The molecule has 2 heterocycles. The normalized spacial score (nSPS) is 11.2. The van der Waals surface area contributed by atoms with E-state index >= 15 is 0 Å². The molecule has 0 aliphatic rings. The molecule has 0 atom stereocenters. The Bertz CT molecular complexity index is 942. The van der Waals surface area contributed by atoms with Gasteiger partial charge in [0.05, 0.1) is 15.8 Å². The Hall–Kier alpha value is -2.55. The quantitative estimate of drug-likeness (QED) is 0.410. The SMILES string of the molecule is CC(C)CCc1noc(COc2c([N+](=O)[O-])cnc3ccc(Br)cc23)n1. The third-order valence-electron chi connectivity index (χ3n) is 3.75. The van der Waals surface area contributed by atoms with Gasteiger partial charge in [0.2, 0.25) is 5.75 Å². The minimum absolute atomic E-state index is 0.0544. The lowest BCUT2D eigenvalue weighted by atomic mass is 10.1. The van der Waals surface area contributed by atoms with Gasteiger partial charge in [0, 0.05) is 10.9 Å². The van der Waals surface area contributed by atoms with Gasteiger partial charge in [0.1, 0.15) is 6.20 Å². The fraction of sp³-hybridized carbons (Fsp3) is 0.353. The first-order valence-corrected chi connectivity index (χ1v) is 8.90. The number of hydrogen-bond donors (Lipinski definition) is 0. The number of benzene rings is 1. The highest BCUT2D eigenvalue weighted by Gasteiger charge is 2.21. The Labute approximate surface area is 157 Å². The van der Waals surface area contributed by atoms with Crippen molar-refractivity contribution in [2.75, 3.05) is 0 Å². The first-order chi connectivity index (χ1) is 12.4. The van der Waals surface area contributed by atoms with E-state index in [1.807, 2.05) is 6.07 Å². The number of nitrogens with zero attached hydrogens (tertiary/aromatic N) is 4. The third kappa shape index (κ3) is 4.16. The summed E-state index contributed by atoms with van der Waals surface area (Å²) in [7, 11) is 0. The van der Waals surface area contributed by atoms with Crippen LogP contribution in [0.5, 0.6) is 5.75 Å². The van der Waals surface area contributed by atoms with Gasteiger partial charge >= 0.3 is 5.69 Å². The summed E-state index contributed by atoms with van der Waals surface area (Å²) in [6, 6.07) is 5.29. The molecule has 0 N–H and O–H groups in total. The van der Waals surface area contributed by atoms with Gasteiger partial charge in [-0.1, -0.05) is 34.9 Å². The van der Waals surface area contributed by atoms with Crippen molar-refractivity contribution >= 4 is 32.5 Å². The molecule has 0 bridgehead atoms.